The van der Waals surface area contributed by atoms with Gasteiger partial charge in [-0.3, -0.25) is 4.72 Å². The van der Waals surface area contributed by atoms with Crippen LogP contribution in [0.2, 0.25) is 0 Å². The maximum absolute atomic E-state index is 12.5. The molecular weight excluding hydrogens is 422 g/mol. The lowest BCUT2D eigenvalue weighted by Gasteiger charge is -2.15. The van der Waals surface area contributed by atoms with Crippen molar-refractivity contribution in [2.75, 3.05) is 17.9 Å². The molecule has 2 aromatic rings. The standard InChI is InChI=1S/C14H12F6N2O5S/c1-8-4-12(21-27-8)22-28(23,24)11-5-9(25-6-13(15,16)17)2-3-10(11)26-7-14(18,19)20/h2-5H,6-7H2,1H3,(H,21,22). The lowest BCUT2D eigenvalue weighted by molar-refractivity contribution is -0.154. The fraction of sp³-hybridized carbons (Fsp3) is 0.357. The second-order valence-electron chi connectivity index (χ2n) is 5.34. The fourth-order valence-corrected chi connectivity index (χ4v) is 2.98. The van der Waals surface area contributed by atoms with Crippen LogP contribution in [0.15, 0.2) is 33.7 Å². The quantitative estimate of drug-likeness (QED) is 0.669. The van der Waals surface area contributed by atoms with Crippen molar-refractivity contribution in [1.29, 1.82) is 0 Å². The Balaban J connectivity index is 2.37. The van der Waals surface area contributed by atoms with Crippen molar-refractivity contribution in [1.82, 2.24) is 5.16 Å². The molecular formula is C14H12F6N2O5S. The molecule has 2 rings (SSSR count). The van der Waals surface area contributed by atoms with Crippen molar-refractivity contribution in [3.05, 3.63) is 30.0 Å². The highest BCUT2D eigenvalue weighted by atomic mass is 32.2. The van der Waals surface area contributed by atoms with Crippen molar-refractivity contribution in [3.8, 4) is 11.5 Å². The molecule has 0 aliphatic heterocycles. The number of ether oxygens (including phenoxy) is 2. The minimum absolute atomic E-state index is 0.230. The van der Waals surface area contributed by atoms with E-state index in [1.165, 1.54) is 13.0 Å². The topological polar surface area (TPSA) is 90.7 Å². The van der Waals surface area contributed by atoms with E-state index in [2.05, 4.69) is 19.2 Å². The molecule has 1 aromatic carbocycles. The van der Waals surface area contributed by atoms with Crippen molar-refractivity contribution in [2.45, 2.75) is 24.2 Å². The Kier molecular flexibility index (Phi) is 6.01. The normalized spacial score (nSPS) is 12.7. The van der Waals surface area contributed by atoms with Gasteiger partial charge in [-0.15, -0.1) is 0 Å². The maximum atomic E-state index is 12.5. The zero-order valence-corrected chi connectivity index (χ0v) is 14.7. The summed E-state index contributed by atoms with van der Waals surface area (Å²) in [5.74, 6) is -1.35. The molecule has 7 nitrogen and oxygen atoms in total. The van der Waals surface area contributed by atoms with Crippen molar-refractivity contribution < 1.29 is 48.8 Å². The van der Waals surface area contributed by atoms with Gasteiger partial charge in [0.25, 0.3) is 10.0 Å². The van der Waals surface area contributed by atoms with E-state index in [9.17, 15) is 34.8 Å². The Morgan fingerprint density at radius 2 is 1.64 bits per heavy atom. The number of aromatic nitrogens is 1. The number of anilines is 1. The summed E-state index contributed by atoms with van der Waals surface area (Å²) in [5.41, 5.74) is 0. The van der Waals surface area contributed by atoms with Gasteiger partial charge in [-0.25, -0.2) is 8.42 Å². The number of rotatable bonds is 7. The van der Waals surface area contributed by atoms with Gasteiger partial charge < -0.3 is 14.0 Å². The average Bonchev–Trinajstić information content (AvgIpc) is 2.94. The largest absolute Gasteiger partial charge is 0.484 e. The van der Waals surface area contributed by atoms with Crippen LogP contribution >= 0.6 is 0 Å². The van der Waals surface area contributed by atoms with E-state index in [4.69, 9.17) is 0 Å². The van der Waals surface area contributed by atoms with Crippen molar-refractivity contribution in [2.24, 2.45) is 0 Å². The number of nitrogens with one attached hydrogen (secondary N) is 1. The number of benzene rings is 1. The van der Waals surface area contributed by atoms with Crippen LogP contribution in [0.25, 0.3) is 0 Å². The number of aryl methyl sites for hydroxylation is 1. The summed E-state index contributed by atoms with van der Waals surface area (Å²) < 4.78 is 114. The van der Waals surface area contributed by atoms with E-state index in [-0.39, 0.29) is 11.6 Å². The summed E-state index contributed by atoms with van der Waals surface area (Å²) in [7, 11) is -4.60. The summed E-state index contributed by atoms with van der Waals surface area (Å²) in [6.07, 6.45) is -9.48. The lowest BCUT2D eigenvalue weighted by Crippen LogP contribution is -2.22. The average molecular weight is 434 g/mol. The molecule has 1 N–H and O–H groups in total. The molecule has 0 amide bonds. The van der Waals surface area contributed by atoms with Crippen LogP contribution in [0.5, 0.6) is 11.5 Å². The van der Waals surface area contributed by atoms with Crippen LogP contribution in [0, 0.1) is 6.92 Å². The monoisotopic (exact) mass is 434 g/mol. The zero-order valence-electron chi connectivity index (χ0n) is 13.9. The first-order valence-corrected chi connectivity index (χ1v) is 8.73. The third-order valence-electron chi connectivity index (χ3n) is 2.87. The highest BCUT2D eigenvalue weighted by molar-refractivity contribution is 7.92. The van der Waals surface area contributed by atoms with Gasteiger partial charge in [-0.1, -0.05) is 5.16 Å². The third-order valence-corrected chi connectivity index (χ3v) is 4.24. The van der Waals surface area contributed by atoms with E-state index in [0.717, 1.165) is 12.1 Å². The van der Waals surface area contributed by atoms with Gasteiger partial charge in [-0.05, 0) is 19.1 Å². The summed E-state index contributed by atoms with van der Waals surface area (Å²) in [6.45, 7) is -2.10. The molecule has 0 fully saturated rings. The van der Waals surface area contributed by atoms with Gasteiger partial charge >= 0.3 is 12.4 Å². The highest BCUT2D eigenvalue weighted by Gasteiger charge is 2.31. The van der Waals surface area contributed by atoms with Gasteiger partial charge in [0.2, 0.25) is 0 Å². The number of hydrogen-bond acceptors (Lipinski definition) is 6. The number of nitrogens with zero attached hydrogens (tertiary/aromatic N) is 1. The molecule has 0 radical (unpaired) electrons. The van der Waals surface area contributed by atoms with Crippen LogP contribution in [-0.2, 0) is 10.0 Å². The molecule has 0 spiro atoms. The van der Waals surface area contributed by atoms with E-state index in [1.54, 1.807) is 0 Å². The minimum Gasteiger partial charge on any atom is -0.484 e. The molecule has 156 valence electrons. The van der Waals surface area contributed by atoms with Crippen molar-refractivity contribution in [3.63, 3.8) is 0 Å². The fourth-order valence-electron chi connectivity index (χ4n) is 1.84. The first-order valence-electron chi connectivity index (χ1n) is 7.24. The maximum Gasteiger partial charge on any atom is 0.422 e. The summed E-state index contributed by atoms with van der Waals surface area (Å²) in [5, 5.41) is 3.37. The second kappa shape index (κ2) is 7.77. The van der Waals surface area contributed by atoms with Crippen LogP contribution < -0.4 is 14.2 Å². The predicted octanol–water partition coefficient (Wildman–Crippen LogP) is 3.67. The number of halogens is 6. The second-order valence-corrected chi connectivity index (χ2v) is 7.00. The molecule has 14 heteroatoms. The van der Waals surface area contributed by atoms with Crippen LogP contribution in [0.3, 0.4) is 0 Å². The number of hydrogen-bond donors (Lipinski definition) is 1. The van der Waals surface area contributed by atoms with Gasteiger partial charge in [0.15, 0.2) is 19.0 Å². The first kappa shape index (κ1) is 21.7. The molecule has 0 bridgehead atoms. The van der Waals surface area contributed by atoms with E-state index in [1.807, 2.05) is 4.72 Å². The van der Waals surface area contributed by atoms with E-state index in [0.29, 0.717) is 6.07 Å². The Bertz CT molecular complexity index is 923. The smallest absolute Gasteiger partial charge is 0.422 e. The molecule has 0 atom stereocenters. The SMILES string of the molecule is Cc1cc(NS(=O)(=O)c2cc(OCC(F)(F)F)ccc2OCC(F)(F)F)no1. The Labute approximate surface area is 154 Å². The summed E-state index contributed by atoms with van der Waals surface area (Å²) in [6, 6.07) is 3.38. The minimum atomic E-state index is -4.77. The molecule has 1 aromatic heterocycles. The lowest BCUT2D eigenvalue weighted by atomic mass is 10.3. The molecule has 0 aliphatic rings. The Morgan fingerprint density at radius 3 is 2.18 bits per heavy atom. The van der Waals surface area contributed by atoms with Crippen LogP contribution in [0.4, 0.5) is 32.2 Å². The van der Waals surface area contributed by atoms with Gasteiger partial charge in [0.1, 0.15) is 22.2 Å². The molecule has 0 saturated carbocycles. The Morgan fingerprint density at radius 1 is 1.04 bits per heavy atom. The van der Waals surface area contributed by atoms with Crippen molar-refractivity contribution >= 4 is 15.8 Å². The number of alkyl halides is 6. The molecule has 0 saturated heterocycles. The highest BCUT2D eigenvalue weighted by Crippen LogP contribution is 2.32. The zero-order chi connectivity index (χ0) is 21.2. The third kappa shape index (κ3) is 6.51. The van der Waals surface area contributed by atoms with E-state index >= 15 is 0 Å². The molecule has 0 unspecified atom stereocenters. The molecule has 1 heterocycles. The summed E-state index contributed by atoms with van der Waals surface area (Å²) >= 11 is 0. The van der Waals surface area contributed by atoms with Gasteiger partial charge in [-0.2, -0.15) is 26.3 Å². The number of sulfonamides is 1. The molecule has 0 aliphatic carbocycles. The van der Waals surface area contributed by atoms with E-state index < -0.39 is 52.0 Å². The summed E-state index contributed by atoms with van der Waals surface area (Å²) in [4.78, 5) is -0.878. The van der Waals surface area contributed by atoms with Crippen LogP contribution in [0.1, 0.15) is 5.76 Å². The Hall–Kier alpha value is -2.64. The van der Waals surface area contributed by atoms with Gasteiger partial charge in [0, 0.05) is 12.1 Å². The van der Waals surface area contributed by atoms with Crippen LogP contribution in [-0.4, -0.2) is 39.1 Å². The predicted molar refractivity (Wildman–Crippen MR) is 81.6 cm³/mol. The first-order chi connectivity index (χ1) is 12.8. The molecule has 28 heavy (non-hydrogen) atoms. The van der Waals surface area contributed by atoms with Gasteiger partial charge in [0.05, 0.1) is 0 Å².